The Morgan fingerprint density at radius 2 is 2.00 bits per heavy atom. The van der Waals surface area contributed by atoms with Gasteiger partial charge in [0.15, 0.2) is 0 Å². The molecule has 0 aromatic heterocycles. The van der Waals surface area contributed by atoms with Crippen molar-refractivity contribution in [3.8, 4) is 0 Å². The molecule has 10 heavy (non-hydrogen) atoms. The van der Waals surface area contributed by atoms with Crippen molar-refractivity contribution < 1.29 is 0 Å². The van der Waals surface area contributed by atoms with Gasteiger partial charge < -0.3 is 0 Å². The van der Waals surface area contributed by atoms with Crippen LogP contribution in [0.25, 0.3) is 0 Å². The molecule has 0 saturated carbocycles. The van der Waals surface area contributed by atoms with E-state index in [0.29, 0.717) is 0 Å². The van der Waals surface area contributed by atoms with Crippen molar-refractivity contribution in [2.75, 3.05) is 13.1 Å². The highest BCUT2D eigenvalue weighted by molar-refractivity contribution is 4.53. The van der Waals surface area contributed by atoms with E-state index < -0.39 is 0 Å². The van der Waals surface area contributed by atoms with Gasteiger partial charge in [0.25, 0.3) is 0 Å². The standard InChI is InChI=1S/C6H14N4/c7-9-10-6-4-2-1-3-5-8-10/h7-8H,1-6H2. The van der Waals surface area contributed by atoms with E-state index in [-0.39, 0.29) is 0 Å². The van der Waals surface area contributed by atoms with Gasteiger partial charge in [0.2, 0.25) is 0 Å². The highest BCUT2D eigenvalue weighted by Crippen LogP contribution is 2.03. The first-order valence-corrected chi connectivity index (χ1v) is 3.82. The lowest BCUT2D eigenvalue weighted by Crippen LogP contribution is -2.35. The first-order valence-electron chi connectivity index (χ1n) is 3.82. The van der Waals surface area contributed by atoms with E-state index in [1.807, 2.05) is 0 Å². The Bertz CT molecular complexity index is 95.9. The van der Waals surface area contributed by atoms with E-state index in [9.17, 15) is 0 Å². The molecule has 0 radical (unpaired) electrons. The van der Waals surface area contributed by atoms with Gasteiger partial charge in [-0.25, -0.2) is 10.5 Å². The van der Waals surface area contributed by atoms with Gasteiger partial charge in [-0.2, -0.15) is 5.53 Å². The average molecular weight is 142 g/mol. The lowest BCUT2D eigenvalue weighted by Gasteiger charge is -2.20. The third-order valence-corrected chi connectivity index (χ3v) is 1.71. The summed E-state index contributed by atoms with van der Waals surface area (Å²) in [6.07, 6.45) is 4.92. The minimum Gasteiger partial charge on any atom is -0.217 e. The van der Waals surface area contributed by atoms with Crippen molar-refractivity contribution in [3.05, 3.63) is 0 Å². The van der Waals surface area contributed by atoms with E-state index >= 15 is 0 Å². The molecule has 0 amide bonds. The summed E-state index contributed by atoms with van der Waals surface area (Å²) >= 11 is 0. The number of rotatable bonds is 1. The Balaban J connectivity index is 2.22. The Morgan fingerprint density at radius 3 is 2.80 bits per heavy atom. The number of hydrogen-bond acceptors (Lipinski definition) is 3. The molecule has 0 bridgehead atoms. The second-order valence-electron chi connectivity index (χ2n) is 2.55. The Labute approximate surface area is 61.0 Å². The quantitative estimate of drug-likeness (QED) is 0.542. The summed E-state index contributed by atoms with van der Waals surface area (Å²) in [5.41, 5.74) is 9.80. The lowest BCUT2D eigenvalue weighted by molar-refractivity contribution is 0.160. The van der Waals surface area contributed by atoms with Crippen molar-refractivity contribution in [1.29, 1.82) is 5.53 Å². The van der Waals surface area contributed by atoms with Gasteiger partial charge in [-0.1, -0.05) is 18.1 Å². The molecule has 1 heterocycles. The molecule has 1 aliphatic heterocycles. The van der Waals surface area contributed by atoms with E-state index in [4.69, 9.17) is 5.53 Å². The third-order valence-electron chi connectivity index (χ3n) is 1.71. The van der Waals surface area contributed by atoms with Crippen LogP contribution >= 0.6 is 0 Å². The zero-order valence-corrected chi connectivity index (χ0v) is 6.14. The van der Waals surface area contributed by atoms with Gasteiger partial charge in [-0.3, -0.25) is 0 Å². The molecule has 1 rings (SSSR count). The molecule has 0 atom stereocenters. The molecule has 0 aromatic carbocycles. The predicted molar refractivity (Wildman–Crippen MR) is 38.3 cm³/mol. The monoisotopic (exact) mass is 142 g/mol. The maximum absolute atomic E-state index is 6.75. The Morgan fingerprint density at radius 1 is 1.20 bits per heavy atom. The maximum Gasteiger partial charge on any atom is 0.0550 e. The van der Waals surface area contributed by atoms with Crippen molar-refractivity contribution in [2.24, 2.45) is 5.22 Å². The molecule has 1 fully saturated rings. The Kier molecular flexibility index (Phi) is 3.15. The summed E-state index contributed by atoms with van der Waals surface area (Å²) in [6, 6.07) is 0. The minimum atomic E-state index is 0.878. The topological polar surface area (TPSA) is 51.5 Å². The number of hydrazine groups is 1. The van der Waals surface area contributed by atoms with Crippen LogP contribution in [0.4, 0.5) is 0 Å². The van der Waals surface area contributed by atoms with Crippen LogP contribution in [-0.2, 0) is 0 Å². The van der Waals surface area contributed by atoms with Crippen molar-refractivity contribution in [1.82, 2.24) is 10.5 Å². The van der Waals surface area contributed by atoms with Gasteiger partial charge in [-0.15, -0.1) is 0 Å². The fourth-order valence-electron chi connectivity index (χ4n) is 1.11. The molecule has 0 aromatic rings. The fraction of sp³-hybridized carbons (Fsp3) is 1.00. The molecule has 0 spiro atoms. The van der Waals surface area contributed by atoms with E-state index in [1.54, 1.807) is 5.12 Å². The summed E-state index contributed by atoms with van der Waals surface area (Å²) in [4.78, 5) is 0. The van der Waals surface area contributed by atoms with E-state index in [0.717, 1.165) is 19.5 Å². The van der Waals surface area contributed by atoms with Gasteiger partial charge in [-0.05, 0) is 12.8 Å². The lowest BCUT2D eigenvalue weighted by atomic mass is 10.2. The second-order valence-corrected chi connectivity index (χ2v) is 2.55. The normalized spacial score (nSPS) is 21.4. The molecule has 2 N–H and O–H groups in total. The largest absolute Gasteiger partial charge is 0.217 e. The minimum absolute atomic E-state index is 0.878. The van der Waals surface area contributed by atoms with Crippen LogP contribution in [0.1, 0.15) is 25.7 Å². The van der Waals surface area contributed by atoms with E-state index in [2.05, 4.69) is 10.6 Å². The summed E-state index contributed by atoms with van der Waals surface area (Å²) < 4.78 is 0. The van der Waals surface area contributed by atoms with Crippen LogP contribution in [0.2, 0.25) is 0 Å². The average Bonchev–Trinajstić information content (AvgIpc) is 1.87. The number of nitrogens with one attached hydrogen (secondary N) is 2. The molecule has 0 unspecified atom stereocenters. The summed E-state index contributed by atoms with van der Waals surface area (Å²) in [7, 11) is 0. The number of nitrogens with zero attached hydrogens (tertiary/aromatic N) is 2. The maximum atomic E-state index is 6.75. The highest BCUT2D eigenvalue weighted by atomic mass is 15.7. The van der Waals surface area contributed by atoms with Crippen LogP contribution in [0.15, 0.2) is 5.22 Å². The molecular weight excluding hydrogens is 128 g/mol. The molecule has 4 nitrogen and oxygen atoms in total. The van der Waals surface area contributed by atoms with Crippen LogP contribution in [0.5, 0.6) is 0 Å². The van der Waals surface area contributed by atoms with Crippen molar-refractivity contribution in [2.45, 2.75) is 25.7 Å². The SMILES string of the molecule is N=NN1CCCCCCN1. The van der Waals surface area contributed by atoms with Gasteiger partial charge in [0.05, 0.1) is 6.54 Å². The molecular formula is C6H14N4. The highest BCUT2D eigenvalue weighted by Gasteiger charge is 2.02. The zero-order valence-electron chi connectivity index (χ0n) is 6.14. The first kappa shape index (κ1) is 7.47. The van der Waals surface area contributed by atoms with Crippen LogP contribution < -0.4 is 5.43 Å². The van der Waals surface area contributed by atoms with E-state index in [1.165, 1.54) is 19.3 Å². The zero-order chi connectivity index (χ0) is 7.23. The van der Waals surface area contributed by atoms with Crippen LogP contribution in [0.3, 0.4) is 0 Å². The second kappa shape index (κ2) is 4.22. The van der Waals surface area contributed by atoms with Gasteiger partial charge in [0.1, 0.15) is 0 Å². The Hall–Kier alpha value is -0.640. The fourth-order valence-corrected chi connectivity index (χ4v) is 1.11. The van der Waals surface area contributed by atoms with Crippen LogP contribution in [0, 0.1) is 5.53 Å². The van der Waals surface area contributed by atoms with Crippen molar-refractivity contribution >= 4 is 0 Å². The summed E-state index contributed by atoms with van der Waals surface area (Å²) in [6.45, 7) is 1.84. The van der Waals surface area contributed by atoms with Gasteiger partial charge >= 0.3 is 0 Å². The summed E-state index contributed by atoms with van der Waals surface area (Å²) in [5.74, 6) is 0. The smallest absolute Gasteiger partial charge is 0.0550 e. The first-order chi connectivity index (χ1) is 4.93. The molecule has 1 aliphatic rings. The third kappa shape index (κ3) is 2.31. The molecule has 58 valence electrons. The van der Waals surface area contributed by atoms with Crippen molar-refractivity contribution in [3.63, 3.8) is 0 Å². The summed E-state index contributed by atoms with van der Waals surface area (Å²) in [5, 5.41) is 4.93. The molecule has 1 saturated heterocycles. The molecule has 0 aliphatic carbocycles. The number of hydrogen-bond donors (Lipinski definition) is 2. The molecule has 4 heteroatoms. The van der Waals surface area contributed by atoms with Gasteiger partial charge in [0, 0.05) is 6.54 Å². The van der Waals surface area contributed by atoms with Crippen LogP contribution in [-0.4, -0.2) is 18.2 Å². The predicted octanol–water partition coefficient (Wildman–Crippen LogP) is 1.31.